The van der Waals surface area contributed by atoms with Crippen molar-refractivity contribution < 1.29 is 14.3 Å². The molecule has 3 aromatic rings. The van der Waals surface area contributed by atoms with Gasteiger partial charge in [0.1, 0.15) is 6.54 Å². The van der Waals surface area contributed by atoms with E-state index < -0.39 is 0 Å². The second kappa shape index (κ2) is 6.95. The molecule has 0 aromatic carbocycles. The predicted molar refractivity (Wildman–Crippen MR) is 90.5 cm³/mol. The summed E-state index contributed by atoms with van der Waals surface area (Å²) >= 11 is 0. The normalized spacial score (nSPS) is 10.5. The summed E-state index contributed by atoms with van der Waals surface area (Å²) in [6.45, 7) is 0.112. The molecule has 3 heterocycles. The largest absolute Gasteiger partial charge is 0.468 e. The van der Waals surface area contributed by atoms with Gasteiger partial charge in [0, 0.05) is 19.4 Å². The van der Waals surface area contributed by atoms with Gasteiger partial charge in [0.05, 0.1) is 24.6 Å². The highest BCUT2D eigenvalue weighted by molar-refractivity contribution is 6.03. The zero-order valence-corrected chi connectivity index (χ0v) is 13.7. The molecule has 9 nitrogen and oxygen atoms in total. The van der Waals surface area contributed by atoms with Crippen LogP contribution in [-0.2, 0) is 9.53 Å². The maximum Gasteiger partial charge on any atom is 0.325 e. The molecule has 128 valence electrons. The van der Waals surface area contributed by atoms with Crippen LogP contribution in [0.2, 0.25) is 0 Å². The lowest BCUT2D eigenvalue weighted by atomic mass is 10.3. The number of pyridine rings is 2. The molecule has 1 amide bonds. The third kappa shape index (κ3) is 3.71. The number of methoxy groups -OCH3 is 1. The zero-order valence-electron chi connectivity index (χ0n) is 13.7. The molecule has 9 heteroatoms. The van der Waals surface area contributed by atoms with Crippen LogP contribution in [0.15, 0.2) is 42.9 Å². The lowest BCUT2D eigenvalue weighted by Gasteiger charge is -2.17. The number of ether oxygens (including phenoxy) is 1. The predicted octanol–water partition coefficient (Wildman–Crippen LogP) is 0.986. The number of likely N-dealkylation sites (N-methyl/N-ethyl adjacent to an activating group) is 1. The third-order valence-electron chi connectivity index (χ3n) is 3.50. The highest BCUT2D eigenvalue weighted by Gasteiger charge is 2.12. The number of carbonyl (C=O) groups is 2. The van der Waals surface area contributed by atoms with E-state index in [0.29, 0.717) is 11.2 Å². The number of anilines is 2. The van der Waals surface area contributed by atoms with Crippen LogP contribution in [0.5, 0.6) is 0 Å². The van der Waals surface area contributed by atoms with Crippen molar-refractivity contribution in [3.05, 3.63) is 48.4 Å². The maximum absolute atomic E-state index is 12.1. The standard InChI is InChI=1S/C16H16N6O3/c1-21(10-14(23)25-2)12-5-6-13-18-16(20-22(13)9-12)19-15(24)11-4-3-7-17-8-11/h3-9H,10H2,1-2H3,(H,19,20,24). The summed E-state index contributed by atoms with van der Waals surface area (Å²) in [5.74, 6) is -0.501. The van der Waals surface area contributed by atoms with Gasteiger partial charge in [0.15, 0.2) is 5.65 Å². The minimum atomic E-state index is -0.342. The van der Waals surface area contributed by atoms with Gasteiger partial charge in [-0.05, 0) is 24.3 Å². The molecule has 0 unspecified atom stereocenters. The molecule has 0 saturated carbocycles. The van der Waals surface area contributed by atoms with Crippen molar-refractivity contribution in [1.29, 1.82) is 0 Å². The average molecular weight is 340 g/mol. The number of nitrogens with zero attached hydrogens (tertiary/aromatic N) is 5. The van der Waals surface area contributed by atoms with Crippen LogP contribution in [0.4, 0.5) is 11.6 Å². The van der Waals surface area contributed by atoms with Crippen molar-refractivity contribution in [1.82, 2.24) is 19.6 Å². The Labute approximate surface area is 143 Å². The second-order valence-electron chi connectivity index (χ2n) is 5.25. The van der Waals surface area contributed by atoms with E-state index in [1.165, 1.54) is 17.8 Å². The first kappa shape index (κ1) is 16.4. The van der Waals surface area contributed by atoms with Gasteiger partial charge in [0.2, 0.25) is 5.95 Å². The van der Waals surface area contributed by atoms with E-state index in [1.54, 1.807) is 48.6 Å². The maximum atomic E-state index is 12.1. The monoisotopic (exact) mass is 340 g/mol. The molecule has 0 fully saturated rings. The smallest absolute Gasteiger partial charge is 0.325 e. The Morgan fingerprint density at radius 3 is 2.88 bits per heavy atom. The van der Waals surface area contributed by atoms with Gasteiger partial charge in [-0.15, -0.1) is 5.10 Å². The Balaban J connectivity index is 1.78. The molecule has 0 aliphatic rings. The van der Waals surface area contributed by atoms with Gasteiger partial charge in [-0.2, -0.15) is 4.98 Å². The topological polar surface area (TPSA) is 102 Å². The quantitative estimate of drug-likeness (QED) is 0.691. The van der Waals surface area contributed by atoms with Crippen molar-refractivity contribution in [2.75, 3.05) is 30.9 Å². The minimum Gasteiger partial charge on any atom is -0.468 e. The molecule has 0 spiro atoms. The van der Waals surface area contributed by atoms with E-state index in [-0.39, 0.29) is 24.4 Å². The van der Waals surface area contributed by atoms with Crippen molar-refractivity contribution in [3.63, 3.8) is 0 Å². The summed E-state index contributed by atoms with van der Waals surface area (Å²) in [5.41, 5.74) is 1.74. The van der Waals surface area contributed by atoms with Crippen molar-refractivity contribution in [2.24, 2.45) is 0 Å². The van der Waals surface area contributed by atoms with Crippen LogP contribution < -0.4 is 10.2 Å². The molecule has 0 radical (unpaired) electrons. The van der Waals surface area contributed by atoms with Gasteiger partial charge >= 0.3 is 5.97 Å². The molecule has 0 saturated heterocycles. The van der Waals surface area contributed by atoms with Gasteiger partial charge < -0.3 is 9.64 Å². The molecular weight excluding hydrogens is 324 g/mol. The van der Waals surface area contributed by atoms with Crippen LogP contribution >= 0.6 is 0 Å². The highest BCUT2D eigenvalue weighted by Crippen LogP contribution is 2.15. The Hall–Kier alpha value is -3.49. The number of carbonyl (C=O) groups excluding carboxylic acids is 2. The molecule has 3 rings (SSSR count). The molecular formula is C16H16N6O3. The number of hydrogen-bond acceptors (Lipinski definition) is 7. The fraction of sp³-hybridized carbons (Fsp3) is 0.188. The Morgan fingerprint density at radius 1 is 1.32 bits per heavy atom. The SMILES string of the molecule is COC(=O)CN(C)c1ccc2nc(NC(=O)c3cccnc3)nn2c1. The molecule has 0 aliphatic heterocycles. The van der Waals surface area contributed by atoms with Gasteiger partial charge in [-0.1, -0.05) is 0 Å². The number of fused-ring (bicyclic) bond motifs is 1. The van der Waals surface area contributed by atoms with Gasteiger partial charge in [-0.3, -0.25) is 19.9 Å². The average Bonchev–Trinajstić information content (AvgIpc) is 3.03. The second-order valence-corrected chi connectivity index (χ2v) is 5.25. The first-order valence-electron chi connectivity index (χ1n) is 7.42. The summed E-state index contributed by atoms with van der Waals surface area (Å²) in [5, 5.41) is 6.86. The van der Waals surface area contributed by atoms with Crippen LogP contribution in [0.3, 0.4) is 0 Å². The Kier molecular flexibility index (Phi) is 4.55. The van der Waals surface area contributed by atoms with Crippen LogP contribution in [0.25, 0.3) is 5.65 Å². The van der Waals surface area contributed by atoms with Crippen molar-refractivity contribution in [2.45, 2.75) is 0 Å². The van der Waals surface area contributed by atoms with E-state index in [9.17, 15) is 9.59 Å². The summed E-state index contributed by atoms with van der Waals surface area (Å²) in [4.78, 5) is 33.4. The summed E-state index contributed by atoms with van der Waals surface area (Å²) < 4.78 is 6.18. The molecule has 0 atom stereocenters. The molecule has 1 N–H and O–H groups in total. The van der Waals surface area contributed by atoms with Crippen LogP contribution in [0.1, 0.15) is 10.4 Å². The van der Waals surface area contributed by atoms with Crippen LogP contribution in [0, 0.1) is 0 Å². The molecule has 0 bridgehead atoms. The number of rotatable bonds is 5. The van der Waals surface area contributed by atoms with Gasteiger partial charge in [-0.25, -0.2) is 4.52 Å². The van der Waals surface area contributed by atoms with Crippen molar-refractivity contribution in [3.8, 4) is 0 Å². The summed E-state index contributed by atoms with van der Waals surface area (Å²) in [6.07, 6.45) is 4.77. The lowest BCUT2D eigenvalue weighted by molar-refractivity contribution is -0.138. The highest BCUT2D eigenvalue weighted by atomic mass is 16.5. The molecule has 0 aliphatic carbocycles. The first-order valence-corrected chi connectivity index (χ1v) is 7.42. The van der Waals surface area contributed by atoms with E-state index in [0.717, 1.165) is 5.69 Å². The minimum absolute atomic E-state index is 0.112. The van der Waals surface area contributed by atoms with E-state index in [1.807, 2.05) is 0 Å². The Bertz CT molecular complexity index is 909. The van der Waals surface area contributed by atoms with E-state index in [2.05, 4.69) is 25.1 Å². The number of amides is 1. The Morgan fingerprint density at radius 2 is 2.16 bits per heavy atom. The summed E-state index contributed by atoms with van der Waals surface area (Å²) in [7, 11) is 3.11. The number of aromatic nitrogens is 4. The number of esters is 1. The number of hydrogen-bond donors (Lipinski definition) is 1. The fourth-order valence-corrected chi connectivity index (χ4v) is 2.17. The molecule has 25 heavy (non-hydrogen) atoms. The van der Waals surface area contributed by atoms with E-state index >= 15 is 0 Å². The zero-order chi connectivity index (χ0) is 17.8. The number of nitrogens with one attached hydrogen (secondary N) is 1. The molecule has 3 aromatic heterocycles. The van der Waals surface area contributed by atoms with Gasteiger partial charge in [0.25, 0.3) is 5.91 Å². The van der Waals surface area contributed by atoms with Crippen LogP contribution in [-0.4, -0.2) is 52.2 Å². The summed E-state index contributed by atoms with van der Waals surface area (Å²) in [6, 6.07) is 6.88. The van der Waals surface area contributed by atoms with Crippen molar-refractivity contribution >= 4 is 29.2 Å². The van der Waals surface area contributed by atoms with E-state index in [4.69, 9.17) is 0 Å². The first-order chi connectivity index (χ1) is 12.1. The lowest BCUT2D eigenvalue weighted by Crippen LogP contribution is -2.26. The fourth-order valence-electron chi connectivity index (χ4n) is 2.17. The third-order valence-corrected chi connectivity index (χ3v) is 3.50.